The molecule has 2 aromatic carbocycles. The molecule has 5 heteroatoms. The number of hydrogen-bond acceptors (Lipinski definition) is 4. The third-order valence-electron chi connectivity index (χ3n) is 3.96. The maximum absolute atomic E-state index is 12.8. The van der Waals surface area contributed by atoms with Gasteiger partial charge in [0.1, 0.15) is 13.2 Å². The Morgan fingerprint density at radius 2 is 1.96 bits per heavy atom. The third kappa shape index (κ3) is 3.04. The van der Waals surface area contributed by atoms with E-state index in [-0.39, 0.29) is 5.91 Å². The molecule has 0 bridgehead atoms. The van der Waals surface area contributed by atoms with E-state index >= 15 is 0 Å². The van der Waals surface area contributed by atoms with Crippen LogP contribution in [-0.4, -0.2) is 30.6 Å². The molecule has 0 N–H and O–H groups in total. The van der Waals surface area contributed by atoms with Gasteiger partial charge in [0.15, 0.2) is 11.5 Å². The van der Waals surface area contributed by atoms with Gasteiger partial charge in [0, 0.05) is 18.7 Å². The van der Waals surface area contributed by atoms with Crippen molar-refractivity contribution in [3.63, 3.8) is 0 Å². The Balaban J connectivity index is 1.88. The van der Waals surface area contributed by atoms with Crippen LogP contribution in [0.1, 0.15) is 28.4 Å². The summed E-state index contributed by atoms with van der Waals surface area (Å²) in [6, 6.07) is 14.6. The van der Waals surface area contributed by atoms with Crippen LogP contribution in [0.25, 0.3) is 0 Å². The second-order valence-electron chi connectivity index (χ2n) is 5.42. The van der Waals surface area contributed by atoms with E-state index < -0.39 is 0 Å². The molecule has 0 aromatic heterocycles. The quantitative estimate of drug-likeness (QED) is 0.868. The summed E-state index contributed by atoms with van der Waals surface area (Å²) < 4.78 is 11.3. The van der Waals surface area contributed by atoms with E-state index in [1.165, 1.54) is 0 Å². The Bertz CT molecular complexity index is 795. The molecule has 0 atom stereocenters. The van der Waals surface area contributed by atoms with Crippen molar-refractivity contribution in [1.29, 1.82) is 5.26 Å². The standard InChI is InChI=1S/C19H18N2O3/c1-2-21(19(22)16-8-4-3-6-14(16)12-20)13-15-7-5-9-17-18(15)24-11-10-23-17/h3-9H,2,10-11,13H2,1H3. The lowest BCUT2D eigenvalue weighted by atomic mass is 10.1. The van der Waals surface area contributed by atoms with Gasteiger partial charge in [-0.2, -0.15) is 5.26 Å². The first-order valence-corrected chi connectivity index (χ1v) is 7.90. The van der Waals surface area contributed by atoms with E-state index in [1.807, 2.05) is 25.1 Å². The van der Waals surface area contributed by atoms with Gasteiger partial charge in [-0.25, -0.2) is 0 Å². The molecule has 1 amide bonds. The molecule has 0 saturated carbocycles. The highest BCUT2D eigenvalue weighted by Gasteiger charge is 2.21. The molecule has 0 saturated heterocycles. The van der Waals surface area contributed by atoms with Crippen molar-refractivity contribution in [3.05, 3.63) is 59.2 Å². The van der Waals surface area contributed by atoms with Crippen molar-refractivity contribution in [3.8, 4) is 17.6 Å². The summed E-state index contributed by atoms with van der Waals surface area (Å²) in [5, 5.41) is 9.21. The van der Waals surface area contributed by atoms with Crippen LogP contribution in [0, 0.1) is 11.3 Å². The molecule has 0 unspecified atom stereocenters. The van der Waals surface area contributed by atoms with E-state index in [0.717, 1.165) is 5.56 Å². The first kappa shape index (κ1) is 15.9. The van der Waals surface area contributed by atoms with Crippen LogP contribution >= 0.6 is 0 Å². The van der Waals surface area contributed by atoms with E-state index in [2.05, 4.69) is 6.07 Å². The second kappa shape index (κ2) is 7.05. The Labute approximate surface area is 141 Å². The maximum Gasteiger partial charge on any atom is 0.255 e. The predicted octanol–water partition coefficient (Wildman–Crippen LogP) is 2.99. The van der Waals surface area contributed by atoms with Crippen LogP contribution in [0.4, 0.5) is 0 Å². The largest absolute Gasteiger partial charge is 0.486 e. The van der Waals surface area contributed by atoms with Crippen LogP contribution in [0.15, 0.2) is 42.5 Å². The number of carbonyl (C=O) groups excluding carboxylic acids is 1. The molecule has 1 aliphatic rings. The molecule has 0 radical (unpaired) electrons. The molecule has 24 heavy (non-hydrogen) atoms. The van der Waals surface area contributed by atoms with Gasteiger partial charge in [0.25, 0.3) is 5.91 Å². The number of ether oxygens (including phenoxy) is 2. The van der Waals surface area contributed by atoms with Crippen molar-refractivity contribution < 1.29 is 14.3 Å². The SMILES string of the molecule is CCN(Cc1cccc2c1OCCO2)C(=O)c1ccccc1C#N. The van der Waals surface area contributed by atoms with E-state index in [4.69, 9.17) is 9.47 Å². The Morgan fingerprint density at radius 3 is 2.75 bits per heavy atom. The first-order chi connectivity index (χ1) is 11.7. The van der Waals surface area contributed by atoms with Gasteiger partial charge in [-0.1, -0.05) is 24.3 Å². The summed E-state index contributed by atoms with van der Waals surface area (Å²) in [7, 11) is 0. The zero-order valence-electron chi connectivity index (χ0n) is 13.5. The van der Waals surface area contributed by atoms with Crippen molar-refractivity contribution in [2.75, 3.05) is 19.8 Å². The average molecular weight is 322 g/mol. The topological polar surface area (TPSA) is 62.6 Å². The Morgan fingerprint density at radius 1 is 1.17 bits per heavy atom. The number of carbonyl (C=O) groups is 1. The smallest absolute Gasteiger partial charge is 0.255 e. The van der Waals surface area contributed by atoms with Crippen LogP contribution in [-0.2, 0) is 6.54 Å². The molecular weight excluding hydrogens is 304 g/mol. The number of nitrogens with zero attached hydrogens (tertiary/aromatic N) is 2. The van der Waals surface area contributed by atoms with Gasteiger partial charge in [0.2, 0.25) is 0 Å². The number of rotatable bonds is 4. The van der Waals surface area contributed by atoms with E-state index in [1.54, 1.807) is 29.2 Å². The third-order valence-corrected chi connectivity index (χ3v) is 3.96. The fourth-order valence-corrected chi connectivity index (χ4v) is 2.73. The van der Waals surface area contributed by atoms with Gasteiger partial charge in [-0.3, -0.25) is 4.79 Å². The van der Waals surface area contributed by atoms with Crippen molar-refractivity contribution in [2.24, 2.45) is 0 Å². The summed E-state index contributed by atoms with van der Waals surface area (Å²) in [4.78, 5) is 14.5. The lowest BCUT2D eigenvalue weighted by Crippen LogP contribution is -2.31. The van der Waals surface area contributed by atoms with Crippen molar-refractivity contribution in [2.45, 2.75) is 13.5 Å². The Hall–Kier alpha value is -3.00. The second-order valence-corrected chi connectivity index (χ2v) is 5.42. The summed E-state index contributed by atoms with van der Waals surface area (Å²) in [6.45, 7) is 3.88. The number of fused-ring (bicyclic) bond motifs is 1. The number of amides is 1. The minimum absolute atomic E-state index is 0.163. The minimum atomic E-state index is -0.163. The van der Waals surface area contributed by atoms with Crippen molar-refractivity contribution >= 4 is 5.91 Å². The molecule has 1 aliphatic heterocycles. The fraction of sp³-hybridized carbons (Fsp3) is 0.263. The first-order valence-electron chi connectivity index (χ1n) is 7.90. The molecule has 0 fully saturated rings. The number of benzene rings is 2. The molecule has 122 valence electrons. The van der Waals surface area contributed by atoms with Crippen LogP contribution in [0.3, 0.4) is 0 Å². The van der Waals surface area contributed by atoms with Crippen molar-refractivity contribution in [1.82, 2.24) is 4.90 Å². The summed E-state index contributed by atoms with van der Waals surface area (Å²) in [6.07, 6.45) is 0. The maximum atomic E-state index is 12.8. The van der Waals surface area contributed by atoms with Gasteiger partial charge < -0.3 is 14.4 Å². The predicted molar refractivity (Wildman–Crippen MR) is 89.0 cm³/mol. The zero-order chi connectivity index (χ0) is 16.9. The molecule has 3 rings (SSSR count). The molecule has 0 aliphatic carbocycles. The zero-order valence-corrected chi connectivity index (χ0v) is 13.5. The number of nitriles is 1. The van der Waals surface area contributed by atoms with Crippen LogP contribution in [0.5, 0.6) is 11.5 Å². The molecule has 1 heterocycles. The Kier molecular flexibility index (Phi) is 4.66. The molecule has 5 nitrogen and oxygen atoms in total. The summed E-state index contributed by atoms with van der Waals surface area (Å²) in [5.74, 6) is 1.24. The molecule has 2 aromatic rings. The highest BCUT2D eigenvalue weighted by atomic mass is 16.6. The molecular formula is C19H18N2O3. The van der Waals surface area contributed by atoms with E-state index in [0.29, 0.717) is 48.9 Å². The minimum Gasteiger partial charge on any atom is -0.486 e. The van der Waals surface area contributed by atoms with Crippen LogP contribution < -0.4 is 9.47 Å². The lowest BCUT2D eigenvalue weighted by molar-refractivity contribution is 0.0749. The summed E-state index contributed by atoms with van der Waals surface area (Å²) in [5.41, 5.74) is 1.70. The highest BCUT2D eigenvalue weighted by Crippen LogP contribution is 2.34. The number of para-hydroxylation sites is 1. The number of hydrogen-bond donors (Lipinski definition) is 0. The monoisotopic (exact) mass is 322 g/mol. The highest BCUT2D eigenvalue weighted by molar-refractivity contribution is 5.96. The van der Waals surface area contributed by atoms with Gasteiger partial charge >= 0.3 is 0 Å². The van der Waals surface area contributed by atoms with Gasteiger partial charge in [-0.15, -0.1) is 0 Å². The average Bonchev–Trinajstić information content (AvgIpc) is 2.65. The van der Waals surface area contributed by atoms with E-state index in [9.17, 15) is 10.1 Å². The van der Waals surface area contributed by atoms with Crippen LogP contribution in [0.2, 0.25) is 0 Å². The fourth-order valence-electron chi connectivity index (χ4n) is 2.73. The van der Waals surface area contributed by atoms with Gasteiger partial charge in [-0.05, 0) is 25.1 Å². The molecule has 0 spiro atoms. The van der Waals surface area contributed by atoms with Gasteiger partial charge in [0.05, 0.1) is 17.2 Å². The lowest BCUT2D eigenvalue weighted by Gasteiger charge is -2.25. The summed E-state index contributed by atoms with van der Waals surface area (Å²) >= 11 is 0. The normalized spacial score (nSPS) is 12.3.